The second kappa shape index (κ2) is 8.39. The van der Waals surface area contributed by atoms with Crippen molar-refractivity contribution in [2.24, 2.45) is 0 Å². The van der Waals surface area contributed by atoms with E-state index in [0.717, 1.165) is 29.7 Å². The van der Waals surface area contributed by atoms with Crippen molar-refractivity contribution in [2.45, 2.75) is 36.1 Å². The van der Waals surface area contributed by atoms with Crippen LogP contribution >= 0.6 is 0 Å². The van der Waals surface area contributed by atoms with Crippen molar-refractivity contribution in [1.82, 2.24) is 14.3 Å². The van der Waals surface area contributed by atoms with Crippen LogP contribution in [-0.2, 0) is 14.8 Å². The standard InChI is InChI=1S/C24H26N4O4S/c1-32-23(29)18-7-2-5-10-21(18)33(30,31)28-14-6-11-24(28)12-15-27(16-13-24)22-17-25-19-8-3-4-9-20(19)26-22/h2-5,7-10,17H,6,11-16H2,1H3. The molecule has 3 aromatic rings. The van der Waals surface area contributed by atoms with Gasteiger partial charge < -0.3 is 9.64 Å². The van der Waals surface area contributed by atoms with Crippen molar-refractivity contribution in [2.75, 3.05) is 31.6 Å². The number of esters is 1. The second-order valence-corrected chi connectivity index (χ2v) is 10.4. The summed E-state index contributed by atoms with van der Waals surface area (Å²) in [4.78, 5) is 23.7. The van der Waals surface area contributed by atoms with E-state index in [9.17, 15) is 13.2 Å². The van der Waals surface area contributed by atoms with Gasteiger partial charge in [-0.2, -0.15) is 4.31 Å². The van der Waals surface area contributed by atoms with E-state index in [1.807, 2.05) is 24.3 Å². The lowest BCUT2D eigenvalue weighted by atomic mass is 9.86. The number of para-hydroxylation sites is 2. The number of ether oxygens (including phenoxy) is 1. The van der Waals surface area contributed by atoms with Crippen molar-refractivity contribution >= 4 is 32.8 Å². The quantitative estimate of drug-likeness (QED) is 0.545. The minimum absolute atomic E-state index is 0.0148. The molecule has 2 saturated heterocycles. The Morgan fingerprint density at radius 1 is 0.970 bits per heavy atom. The summed E-state index contributed by atoms with van der Waals surface area (Å²) in [5, 5.41) is 0. The fraction of sp³-hybridized carbons (Fsp3) is 0.375. The van der Waals surface area contributed by atoms with Gasteiger partial charge in [0.1, 0.15) is 5.82 Å². The Bertz CT molecular complexity index is 1300. The second-order valence-electron chi connectivity index (χ2n) is 8.60. The fourth-order valence-corrected chi connectivity index (χ4v) is 7.20. The highest BCUT2D eigenvalue weighted by atomic mass is 32.2. The van der Waals surface area contributed by atoms with Gasteiger partial charge in [0.2, 0.25) is 10.0 Å². The van der Waals surface area contributed by atoms with Crippen molar-refractivity contribution in [3.8, 4) is 0 Å². The highest BCUT2D eigenvalue weighted by Crippen LogP contribution is 2.43. The number of methoxy groups -OCH3 is 1. The Morgan fingerprint density at radius 3 is 2.42 bits per heavy atom. The number of piperidine rings is 1. The summed E-state index contributed by atoms with van der Waals surface area (Å²) in [6.07, 6.45) is 4.79. The largest absolute Gasteiger partial charge is 0.465 e. The molecule has 2 aliphatic rings. The minimum Gasteiger partial charge on any atom is -0.465 e. The monoisotopic (exact) mass is 466 g/mol. The van der Waals surface area contributed by atoms with E-state index in [0.29, 0.717) is 32.5 Å². The number of rotatable bonds is 4. The minimum atomic E-state index is -3.86. The van der Waals surface area contributed by atoms with Gasteiger partial charge in [-0.1, -0.05) is 24.3 Å². The van der Waals surface area contributed by atoms with Gasteiger partial charge >= 0.3 is 5.97 Å². The van der Waals surface area contributed by atoms with Crippen molar-refractivity contribution in [3.63, 3.8) is 0 Å². The van der Waals surface area contributed by atoms with Gasteiger partial charge in [-0.15, -0.1) is 0 Å². The summed E-state index contributed by atoms with van der Waals surface area (Å²) in [6, 6.07) is 14.0. The maximum absolute atomic E-state index is 13.7. The maximum atomic E-state index is 13.7. The summed E-state index contributed by atoms with van der Waals surface area (Å²) in [5.41, 5.74) is 1.32. The maximum Gasteiger partial charge on any atom is 0.339 e. The Morgan fingerprint density at radius 2 is 1.67 bits per heavy atom. The number of carbonyl (C=O) groups is 1. The van der Waals surface area contributed by atoms with E-state index >= 15 is 0 Å². The third-order valence-corrected chi connectivity index (χ3v) is 8.91. The number of benzene rings is 2. The van der Waals surface area contributed by atoms with Crippen molar-refractivity contribution < 1.29 is 17.9 Å². The van der Waals surface area contributed by atoms with Crippen LogP contribution in [0.2, 0.25) is 0 Å². The van der Waals surface area contributed by atoms with Crippen LogP contribution in [0.15, 0.2) is 59.6 Å². The fourth-order valence-electron chi connectivity index (χ4n) is 5.13. The predicted molar refractivity (Wildman–Crippen MR) is 125 cm³/mol. The molecule has 1 aromatic heterocycles. The zero-order chi connectivity index (χ0) is 23.1. The molecule has 8 nitrogen and oxygen atoms in total. The van der Waals surface area contributed by atoms with E-state index in [-0.39, 0.29) is 10.5 Å². The normalized spacial score (nSPS) is 18.6. The van der Waals surface area contributed by atoms with Gasteiger partial charge in [0, 0.05) is 25.2 Å². The molecule has 9 heteroatoms. The smallest absolute Gasteiger partial charge is 0.339 e. The molecular weight excluding hydrogens is 440 g/mol. The average molecular weight is 467 g/mol. The summed E-state index contributed by atoms with van der Waals surface area (Å²) >= 11 is 0. The van der Waals surface area contributed by atoms with Gasteiger partial charge in [0.25, 0.3) is 0 Å². The van der Waals surface area contributed by atoms with E-state index in [4.69, 9.17) is 9.72 Å². The number of anilines is 1. The topological polar surface area (TPSA) is 92.7 Å². The molecule has 0 saturated carbocycles. The first-order valence-corrected chi connectivity index (χ1v) is 12.6. The van der Waals surface area contributed by atoms with Crippen LogP contribution in [0.3, 0.4) is 0 Å². The predicted octanol–water partition coefficient (Wildman–Crippen LogP) is 3.24. The third kappa shape index (κ3) is 3.75. The lowest BCUT2D eigenvalue weighted by Gasteiger charge is -2.44. The van der Waals surface area contributed by atoms with Crippen LogP contribution in [0.25, 0.3) is 11.0 Å². The van der Waals surface area contributed by atoms with Crippen LogP contribution < -0.4 is 4.90 Å². The van der Waals surface area contributed by atoms with Gasteiger partial charge in [0.05, 0.1) is 34.8 Å². The first kappa shape index (κ1) is 21.8. The Labute approximate surface area is 193 Å². The highest BCUT2D eigenvalue weighted by Gasteiger charge is 2.49. The molecule has 0 N–H and O–H groups in total. The molecule has 3 heterocycles. The first-order chi connectivity index (χ1) is 15.9. The summed E-state index contributed by atoms with van der Waals surface area (Å²) in [7, 11) is -2.60. The molecule has 0 bridgehead atoms. The molecule has 5 rings (SSSR count). The summed E-state index contributed by atoms with van der Waals surface area (Å²) in [5.74, 6) is 0.166. The lowest BCUT2D eigenvalue weighted by molar-refractivity contribution is 0.0595. The number of sulfonamides is 1. The molecule has 0 atom stereocenters. The molecule has 172 valence electrons. The SMILES string of the molecule is COC(=O)c1ccccc1S(=O)(=O)N1CCCC12CCN(c1cnc3ccccc3n1)CC2. The number of fused-ring (bicyclic) bond motifs is 1. The molecule has 2 aromatic carbocycles. The van der Waals surface area contributed by atoms with E-state index in [1.54, 1.807) is 22.6 Å². The zero-order valence-electron chi connectivity index (χ0n) is 18.5. The van der Waals surface area contributed by atoms with Gasteiger partial charge in [-0.25, -0.2) is 18.2 Å². The highest BCUT2D eigenvalue weighted by molar-refractivity contribution is 7.89. The van der Waals surface area contributed by atoms with Crippen LogP contribution in [-0.4, -0.2) is 60.9 Å². The first-order valence-electron chi connectivity index (χ1n) is 11.1. The number of carbonyl (C=O) groups excluding carboxylic acids is 1. The van der Waals surface area contributed by atoms with Gasteiger partial charge in [-0.3, -0.25) is 4.98 Å². The third-order valence-electron chi connectivity index (χ3n) is 6.85. The van der Waals surface area contributed by atoms with E-state index < -0.39 is 21.5 Å². The van der Waals surface area contributed by atoms with Crippen LogP contribution in [0.5, 0.6) is 0 Å². The van der Waals surface area contributed by atoms with E-state index in [2.05, 4.69) is 9.88 Å². The molecule has 2 fully saturated rings. The van der Waals surface area contributed by atoms with Crippen molar-refractivity contribution in [3.05, 3.63) is 60.3 Å². The number of aromatic nitrogens is 2. The molecule has 2 aliphatic heterocycles. The number of hydrogen-bond donors (Lipinski definition) is 0. The van der Waals surface area contributed by atoms with Crippen LogP contribution in [0.1, 0.15) is 36.0 Å². The van der Waals surface area contributed by atoms with Crippen molar-refractivity contribution in [1.29, 1.82) is 0 Å². The number of hydrogen-bond acceptors (Lipinski definition) is 7. The molecule has 0 amide bonds. The molecule has 33 heavy (non-hydrogen) atoms. The summed E-state index contributed by atoms with van der Waals surface area (Å²) in [6.45, 7) is 1.84. The van der Waals surface area contributed by atoms with Gasteiger partial charge in [0.15, 0.2) is 0 Å². The average Bonchev–Trinajstić information content (AvgIpc) is 3.27. The zero-order valence-corrected chi connectivity index (χ0v) is 19.3. The molecule has 1 spiro atoms. The van der Waals surface area contributed by atoms with Crippen LogP contribution in [0, 0.1) is 0 Å². The Hall–Kier alpha value is -3.04. The van der Waals surface area contributed by atoms with Crippen LogP contribution in [0.4, 0.5) is 5.82 Å². The summed E-state index contributed by atoms with van der Waals surface area (Å²) < 4.78 is 33.9. The molecule has 0 unspecified atom stereocenters. The Balaban J connectivity index is 1.40. The molecule has 0 radical (unpaired) electrons. The molecular formula is C24H26N4O4S. The number of nitrogens with zero attached hydrogens (tertiary/aromatic N) is 4. The Kier molecular flexibility index (Phi) is 5.54. The lowest BCUT2D eigenvalue weighted by Crippen LogP contribution is -2.54. The van der Waals surface area contributed by atoms with Gasteiger partial charge in [-0.05, 0) is 49.9 Å². The van der Waals surface area contributed by atoms with E-state index in [1.165, 1.54) is 19.2 Å². The molecule has 0 aliphatic carbocycles.